The predicted octanol–water partition coefficient (Wildman–Crippen LogP) is 6.43. The molecule has 3 aromatic rings. The zero-order chi connectivity index (χ0) is 23.1. The summed E-state index contributed by atoms with van der Waals surface area (Å²) in [4.78, 5) is 15.4. The summed E-state index contributed by atoms with van der Waals surface area (Å²) in [5.74, 6) is 0.156. The summed E-state index contributed by atoms with van der Waals surface area (Å²) >= 11 is 0. The third-order valence-electron chi connectivity index (χ3n) is 5.98. The lowest BCUT2D eigenvalue weighted by Crippen LogP contribution is -2.32. The van der Waals surface area contributed by atoms with E-state index in [2.05, 4.69) is 70.1 Å². The molecule has 5 heteroatoms. The quantitative estimate of drug-likeness (QED) is 0.481. The van der Waals surface area contributed by atoms with E-state index in [1.54, 1.807) is 0 Å². The Morgan fingerprint density at radius 2 is 1.59 bits per heavy atom. The first-order valence-corrected chi connectivity index (χ1v) is 11.5. The summed E-state index contributed by atoms with van der Waals surface area (Å²) in [5.41, 5.74) is 5.91. The molecule has 1 aliphatic rings. The van der Waals surface area contributed by atoms with Crippen molar-refractivity contribution in [2.24, 2.45) is 5.41 Å². The molecule has 1 amide bonds. The van der Waals surface area contributed by atoms with Gasteiger partial charge >= 0.3 is 0 Å². The van der Waals surface area contributed by atoms with Crippen LogP contribution in [0.3, 0.4) is 0 Å². The molecule has 5 nitrogen and oxygen atoms in total. The molecule has 0 N–H and O–H groups in total. The molecule has 0 unspecified atom stereocenters. The van der Waals surface area contributed by atoms with E-state index in [9.17, 15) is 4.79 Å². The van der Waals surface area contributed by atoms with Crippen LogP contribution in [0.15, 0.2) is 48.5 Å². The third kappa shape index (κ3) is 4.34. The first kappa shape index (κ1) is 22.3. The molecule has 0 saturated carbocycles. The molecule has 0 atom stereocenters. The molecule has 0 bridgehead atoms. The van der Waals surface area contributed by atoms with Crippen molar-refractivity contribution in [3.05, 3.63) is 54.1 Å². The van der Waals surface area contributed by atoms with Gasteiger partial charge in [-0.1, -0.05) is 68.4 Å². The van der Waals surface area contributed by atoms with Crippen molar-refractivity contribution in [3.63, 3.8) is 0 Å². The Morgan fingerprint density at radius 3 is 2.28 bits per heavy atom. The average molecular weight is 431 g/mol. The number of amides is 1. The highest BCUT2D eigenvalue weighted by molar-refractivity contribution is 6.00. The Morgan fingerprint density at radius 1 is 0.938 bits per heavy atom. The van der Waals surface area contributed by atoms with Crippen LogP contribution >= 0.6 is 0 Å². The predicted molar refractivity (Wildman–Crippen MR) is 130 cm³/mol. The lowest BCUT2D eigenvalue weighted by Gasteiger charge is -2.30. The van der Waals surface area contributed by atoms with E-state index in [0.29, 0.717) is 13.0 Å². The Labute approximate surface area is 191 Å². The smallest absolute Gasteiger partial charge is 0.227 e. The normalized spacial score (nSPS) is 13.6. The molecule has 32 heavy (non-hydrogen) atoms. The number of carbonyl (C=O) groups is 1. The van der Waals surface area contributed by atoms with Crippen LogP contribution in [-0.2, 0) is 16.9 Å². The second-order valence-corrected chi connectivity index (χ2v) is 10.9. The van der Waals surface area contributed by atoms with Gasteiger partial charge in [0.05, 0.1) is 23.5 Å². The van der Waals surface area contributed by atoms with Gasteiger partial charge in [0.1, 0.15) is 5.69 Å². The molecule has 2 aromatic carbocycles. The van der Waals surface area contributed by atoms with Crippen LogP contribution in [0.1, 0.15) is 66.4 Å². The summed E-state index contributed by atoms with van der Waals surface area (Å²) < 4.78 is 2.01. The Bertz CT molecular complexity index is 1130. The monoisotopic (exact) mass is 430 g/mol. The standard InChI is InChI=1S/C27H34N4O/c1-26(2,3)17-11-16-23(32)30-18-19-12-7-8-13-20(19)25-24(21-14-9-10-15-22(21)30)28-29-31(25)27(4,5)6/h7-10,12-15H,11,16-18H2,1-6H3. The van der Waals surface area contributed by atoms with E-state index in [4.69, 9.17) is 0 Å². The number of hydrogen-bond acceptors (Lipinski definition) is 3. The zero-order valence-electron chi connectivity index (χ0n) is 20.1. The minimum Gasteiger partial charge on any atom is -0.307 e. The molecule has 1 aliphatic heterocycles. The summed E-state index contributed by atoms with van der Waals surface area (Å²) in [6, 6.07) is 16.4. The number of nitrogens with zero attached hydrogens (tertiary/aromatic N) is 4. The molecule has 2 heterocycles. The largest absolute Gasteiger partial charge is 0.307 e. The van der Waals surface area contributed by atoms with Gasteiger partial charge in [-0.15, -0.1) is 5.10 Å². The molecular weight excluding hydrogens is 396 g/mol. The fourth-order valence-electron chi connectivity index (χ4n) is 4.36. The average Bonchev–Trinajstić information content (AvgIpc) is 3.15. The fraction of sp³-hybridized carbons (Fsp3) is 0.444. The number of hydrogen-bond donors (Lipinski definition) is 0. The first-order valence-electron chi connectivity index (χ1n) is 11.5. The first-order chi connectivity index (χ1) is 15.1. The molecule has 0 radical (unpaired) electrons. The molecule has 0 fully saturated rings. The summed E-state index contributed by atoms with van der Waals surface area (Å²) in [6.45, 7) is 13.6. The van der Waals surface area contributed by atoms with Crippen molar-refractivity contribution in [2.45, 2.75) is 72.9 Å². The highest BCUT2D eigenvalue weighted by Crippen LogP contribution is 2.42. The van der Waals surface area contributed by atoms with Crippen LogP contribution in [0.25, 0.3) is 22.5 Å². The lowest BCUT2D eigenvalue weighted by atomic mass is 9.89. The summed E-state index contributed by atoms with van der Waals surface area (Å²) in [6.07, 6.45) is 2.44. The molecule has 0 spiro atoms. The summed E-state index contributed by atoms with van der Waals surface area (Å²) in [5, 5.41) is 9.19. The van der Waals surface area contributed by atoms with Gasteiger partial charge in [0.15, 0.2) is 0 Å². The number of para-hydroxylation sites is 1. The number of carbonyl (C=O) groups excluding carboxylic acids is 1. The van der Waals surface area contributed by atoms with Gasteiger partial charge in [-0.25, -0.2) is 4.68 Å². The van der Waals surface area contributed by atoms with E-state index >= 15 is 0 Å². The van der Waals surface area contributed by atoms with Gasteiger partial charge in [0.25, 0.3) is 0 Å². The van der Waals surface area contributed by atoms with Crippen LogP contribution in [0.5, 0.6) is 0 Å². The molecular formula is C27H34N4O. The van der Waals surface area contributed by atoms with Crippen LogP contribution in [0, 0.1) is 5.41 Å². The Kier molecular flexibility index (Phi) is 5.70. The van der Waals surface area contributed by atoms with Gasteiger partial charge in [-0.2, -0.15) is 0 Å². The van der Waals surface area contributed by atoms with Crippen LogP contribution in [0.4, 0.5) is 5.69 Å². The lowest BCUT2D eigenvalue weighted by molar-refractivity contribution is -0.118. The maximum atomic E-state index is 13.5. The van der Waals surface area contributed by atoms with E-state index < -0.39 is 0 Å². The topological polar surface area (TPSA) is 51.0 Å². The number of benzene rings is 2. The minimum absolute atomic E-state index is 0.156. The van der Waals surface area contributed by atoms with Crippen LogP contribution in [0.2, 0.25) is 0 Å². The Hall–Kier alpha value is -2.95. The number of aromatic nitrogens is 3. The SMILES string of the molecule is CC(C)(C)CCCC(=O)N1Cc2ccccc2-c2c(nnn2C(C)(C)C)-c2ccccc21. The second kappa shape index (κ2) is 8.19. The van der Waals surface area contributed by atoms with Crippen LogP contribution in [-0.4, -0.2) is 20.9 Å². The van der Waals surface area contributed by atoms with E-state index in [1.165, 1.54) is 0 Å². The second-order valence-electron chi connectivity index (χ2n) is 10.9. The van der Waals surface area contributed by atoms with Gasteiger partial charge < -0.3 is 4.90 Å². The van der Waals surface area contributed by atoms with Crippen molar-refractivity contribution >= 4 is 11.6 Å². The van der Waals surface area contributed by atoms with Crippen molar-refractivity contribution in [3.8, 4) is 22.5 Å². The highest BCUT2D eigenvalue weighted by Gasteiger charge is 2.31. The maximum Gasteiger partial charge on any atom is 0.227 e. The van der Waals surface area contributed by atoms with Crippen molar-refractivity contribution in [2.75, 3.05) is 4.90 Å². The van der Waals surface area contributed by atoms with E-state index in [-0.39, 0.29) is 16.9 Å². The zero-order valence-corrected chi connectivity index (χ0v) is 20.1. The number of rotatable bonds is 3. The Balaban J connectivity index is 1.85. The van der Waals surface area contributed by atoms with Gasteiger partial charge in [0.2, 0.25) is 5.91 Å². The number of anilines is 1. The minimum atomic E-state index is -0.218. The van der Waals surface area contributed by atoms with Crippen molar-refractivity contribution in [1.82, 2.24) is 15.0 Å². The van der Waals surface area contributed by atoms with Gasteiger partial charge in [-0.3, -0.25) is 4.79 Å². The molecule has 0 saturated heterocycles. The molecule has 168 valence electrons. The van der Waals surface area contributed by atoms with Crippen LogP contribution < -0.4 is 4.90 Å². The molecule has 4 rings (SSSR count). The van der Waals surface area contributed by atoms with E-state index in [0.717, 1.165) is 46.6 Å². The number of fused-ring (bicyclic) bond motifs is 5. The maximum absolute atomic E-state index is 13.5. The third-order valence-corrected chi connectivity index (χ3v) is 5.98. The summed E-state index contributed by atoms with van der Waals surface area (Å²) in [7, 11) is 0. The van der Waals surface area contributed by atoms with Gasteiger partial charge in [-0.05, 0) is 50.7 Å². The molecule has 1 aromatic heterocycles. The van der Waals surface area contributed by atoms with E-state index in [1.807, 2.05) is 39.9 Å². The van der Waals surface area contributed by atoms with Crippen molar-refractivity contribution in [1.29, 1.82) is 0 Å². The van der Waals surface area contributed by atoms with Gasteiger partial charge in [0, 0.05) is 17.5 Å². The highest BCUT2D eigenvalue weighted by atomic mass is 16.2. The van der Waals surface area contributed by atoms with Crippen molar-refractivity contribution < 1.29 is 4.79 Å². The molecule has 0 aliphatic carbocycles. The fourth-order valence-corrected chi connectivity index (χ4v) is 4.36.